The van der Waals surface area contributed by atoms with Gasteiger partial charge in [0.2, 0.25) is 18.1 Å². The number of hydrogen-bond donors (Lipinski definition) is 2. The Bertz CT molecular complexity index is 1260. The van der Waals surface area contributed by atoms with E-state index in [1.165, 1.54) is 23.4 Å². The van der Waals surface area contributed by atoms with Crippen molar-refractivity contribution in [3.8, 4) is 0 Å². The highest BCUT2D eigenvalue weighted by atomic mass is 32.2. The second kappa shape index (κ2) is 9.11. The maximum Gasteiger partial charge on any atom is 0.244 e. The van der Waals surface area contributed by atoms with Gasteiger partial charge in [-0.15, -0.1) is 0 Å². The Hall–Kier alpha value is -3.59. The SMILES string of the molecule is CC(C)C[C@@H](C(=O)NC1C(=O)C([SH](=O)=O)=CC2=C1c1ccccc12)N(C=O)c1ccncc1. The van der Waals surface area contributed by atoms with E-state index < -0.39 is 34.5 Å². The van der Waals surface area contributed by atoms with Crippen molar-refractivity contribution < 1.29 is 22.8 Å². The van der Waals surface area contributed by atoms with Crippen molar-refractivity contribution in [1.82, 2.24) is 10.3 Å². The number of aromatic nitrogens is 1. The quantitative estimate of drug-likeness (QED) is 0.455. The van der Waals surface area contributed by atoms with Gasteiger partial charge in [-0.3, -0.25) is 19.4 Å². The van der Waals surface area contributed by atoms with Crippen molar-refractivity contribution >= 4 is 45.6 Å². The molecule has 9 heteroatoms. The van der Waals surface area contributed by atoms with E-state index in [9.17, 15) is 22.8 Å². The summed E-state index contributed by atoms with van der Waals surface area (Å²) in [5, 5.41) is 2.75. The van der Waals surface area contributed by atoms with Crippen LogP contribution in [0.5, 0.6) is 0 Å². The number of thiol groups is 1. The number of rotatable bonds is 8. The van der Waals surface area contributed by atoms with Crippen LogP contribution in [0, 0.1) is 5.92 Å². The van der Waals surface area contributed by atoms with Crippen LogP contribution in [0.3, 0.4) is 0 Å². The normalized spacial score (nSPS) is 17.6. The van der Waals surface area contributed by atoms with Gasteiger partial charge in [0.15, 0.2) is 10.7 Å². The fourth-order valence-electron chi connectivity index (χ4n) is 4.28. The largest absolute Gasteiger partial charge is 0.340 e. The molecule has 0 saturated heterocycles. The van der Waals surface area contributed by atoms with Crippen molar-refractivity contribution in [2.24, 2.45) is 5.92 Å². The smallest absolute Gasteiger partial charge is 0.244 e. The first-order valence-electron chi connectivity index (χ1n) is 10.5. The molecule has 4 rings (SSSR count). The number of amides is 2. The number of fused-ring (bicyclic) bond motifs is 3. The average molecular weight is 466 g/mol. The lowest BCUT2D eigenvalue weighted by molar-refractivity contribution is -0.127. The van der Waals surface area contributed by atoms with Crippen molar-refractivity contribution in [2.45, 2.75) is 32.4 Å². The van der Waals surface area contributed by atoms with Crippen LogP contribution in [0.25, 0.3) is 11.1 Å². The molecule has 1 aromatic heterocycles. The minimum atomic E-state index is -3.14. The van der Waals surface area contributed by atoms with Crippen molar-refractivity contribution in [1.29, 1.82) is 0 Å². The molecule has 2 aliphatic rings. The van der Waals surface area contributed by atoms with Gasteiger partial charge in [-0.1, -0.05) is 38.1 Å². The molecular weight excluding hydrogens is 442 g/mol. The number of Topliss-reactive ketones (excluding diaryl/α,β-unsaturated/α-hetero) is 1. The van der Waals surface area contributed by atoms with Crippen LogP contribution >= 0.6 is 0 Å². The Morgan fingerprint density at radius 3 is 2.42 bits per heavy atom. The van der Waals surface area contributed by atoms with Crippen molar-refractivity contribution in [3.05, 3.63) is 70.9 Å². The van der Waals surface area contributed by atoms with Crippen molar-refractivity contribution in [2.75, 3.05) is 4.90 Å². The van der Waals surface area contributed by atoms with Crippen LogP contribution in [-0.4, -0.2) is 43.6 Å². The molecule has 1 N–H and O–H groups in total. The van der Waals surface area contributed by atoms with Crippen LogP contribution in [0.1, 0.15) is 31.4 Å². The molecule has 8 nitrogen and oxygen atoms in total. The molecule has 1 heterocycles. The highest BCUT2D eigenvalue weighted by Crippen LogP contribution is 2.46. The van der Waals surface area contributed by atoms with E-state index in [4.69, 9.17) is 0 Å². The molecule has 0 aliphatic heterocycles. The molecule has 0 radical (unpaired) electrons. The van der Waals surface area contributed by atoms with Gasteiger partial charge in [-0.2, -0.15) is 0 Å². The zero-order valence-electron chi connectivity index (χ0n) is 18.1. The van der Waals surface area contributed by atoms with Gasteiger partial charge in [0.25, 0.3) is 0 Å². The van der Waals surface area contributed by atoms with Crippen LogP contribution in [0.15, 0.2) is 59.8 Å². The van der Waals surface area contributed by atoms with E-state index >= 15 is 0 Å². The third-order valence-electron chi connectivity index (χ3n) is 5.77. The molecule has 2 aliphatic carbocycles. The topological polar surface area (TPSA) is 114 Å². The third-order valence-corrected chi connectivity index (χ3v) is 6.52. The predicted molar refractivity (Wildman–Crippen MR) is 125 cm³/mol. The maximum absolute atomic E-state index is 13.5. The van der Waals surface area contributed by atoms with Gasteiger partial charge in [-0.25, -0.2) is 8.42 Å². The monoisotopic (exact) mass is 465 g/mol. The number of benzene rings is 1. The number of allylic oxidation sites excluding steroid dienone is 2. The molecule has 0 bridgehead atoms. The van der Waals surface area contributed by atoms with E-state index in [1.54, 1.807) is 12.1 Å². The van der Waals surface area contributed by atoms with E-state index in [0.717, 1.165) is 11.1 Å². The lowest BCUT2D eigenvalue weighted by atomic mass is 9.73. The number of nitrogens with one attached hydrogen (secondary N) is 1. The molecule has 0 fully saturated rings. The fourth-order valence-corrected chi connectivity index (χ4v) is 4.82. The molecule has 1 aromatic carbocycles. The highest BCUT2D eigenvalue weighted by Gasteiger charge is 2.42. The number of ketones is 1. The molecule has 2 aromatic rings. The van der Waals surface area contributed by atoms with Gasteiger partial charge in [-0.05, 0) is 52.8 Å². The van der Waals surface area contributed by atoms with E-state index in [0.29, 0.717) is 29.7 Å². The first kappa shape index (κ1) is 22.6. The first-order chi connectivity index (χ1) is 15.8. The molecule has 2 atom stereocenters. The molecule has 170 valence electrons. The summed E-state index contributed by atoms with van der Waals surface area (Å²) in [6.07, 6.45) is 5.33. The Morgan fingerprint density at radius 2 is 1.82 bits per heavy atom. The number of carbonyl (C=O) groups is 3. The summed E-state index contributed by atoms with van der Waals surface area (Å²) >= 11 is 0. The zero-order chi connectivity index (χ0) is 23.7. The number of carbonyl (C=O) groups excluding carboxylic acids is 3. The van der Waals surface area contributed by atoms with E-state index in [-0.39, 0.29) is 10.8 Å². The lowest BCUT2D eigenvalue weighted by Crippen LogP contribution is -2.53. The van der Waals surface area contributed by atoms with Crippen LogP contribution in [0.4, 0.5) is 5.69 Å². The fraction of sp³-hybridized carbons (Fsp3) is 0.250. The Morgan fingerprint density at radius 1 is 1.15 bits per heavy atom. The number of hydrogen-bond acceptors (Lipinski definition) is 6. The molecule has 0 saturated carbocycles. The van der Waals surface area contributed by atoms with Gasteiger partial charge >= 0.3 is 0 Å². The molecule has 0 spiro atoms. The molecule has 1 unspecified atom stereocenters. The van der Waals surface area contributed by atoms with Gasteiger partial charge in [0, 0.05) is 18.1 Å². The number of anilines is 1. The van der Waals surface area contributed by atoms with Crippen LogP contribution in [0.2, 0.25) is 0 Å². The standard InChI is InChI=1S/C24H23N3O5S/c1-14(2)11-19(27(13-28)15-7-9-25-10-8-15)24(30)26-22-21-17-6-4-3-5-16(17)18(21)12-20(23(22)29)33(31)32/h3-10,12-14,19,22,33H,11H2,1-2H3,(H,26,30)/t19-,22?/m0/s1. The molecule has 2 amide bonds. The summed E-state index contributed by atoms with van der Waals surface area (Å²) in [6.45, 7) is 3.85. The first-order valence-corrected chi connectivity index (χ1v) is 11.7. The van der Waals surface area contributed by atoms with Crippen LogP contribution < -0.4 is 10.2 Å². The van der Waals surface area contributed by atoms with Gasteiger partial charge in [0.1, 0.15) is 17.0 Å². The minimum Gasteiger partial charge on any atom is -0.340 e. The van der Waals surface area contributed by atoms with Crippen LogP contribution in [-0.2, 0) is 25.1 Å². The Balaban J connectivity index is 1.69. The summed E-state index contributed by atoms with van der Waals surface area (Å²) in [5.41, 5.74) is 3.34. The molecule has 33 heavy (non-hydrogen) atoms. The minimum absolute atomic E-state index is 0.0675. The van der Waals surface area contributed by atoms with Crippen molar-refractivity contribution in [3.63, 3.8) is 0 Å². The number of pyridine rings is 1. The zero-order valence-corrected chi connectivity index (χ0v) is 19.0. The van der Waals surface area contributed by atoms with Gasteiger partial charge in [0.05, 0.1) is 0 Å². The van der Waals surface area contributed by atoms with E-state index in [1.807, 2.05) is 38.1 Å². The average Bonchev–Trinajstić information content (AvgIpc) is 2.78. The summed E-state index contributed by atoms with van der Waals surface area (Å²) in [6, 6.07) is 8.51. The maximum atomic E-state index is 13.5. The second-order valence-corrected chi connectivity index (χ2v) is 9.32. The Labute approximate surface area is 193 Å². The number of nitrogens with zero attached hydrogens (tertiary/aromatic N) is 2. The highest BCUT2D eigenvalue weighted by molar-refractivity contribution is 7.78. The molecular formula is C24H23N3O5S. The second-order valence-electron chi connectivity index (χ2n) is 8.33. The third kappa shape index (κ3) is 4.11. The lowest BCUT2D eigenvalue weighted by Gasteiger charge is -2.36. The Kier molecular flexibility index (Phi) is 6.24. The summed E-state index contributed by atoms with van der Waals surface area (Å²) in [5.74, 6) is -1.15. The summed E-state index contributed by atoms with van der Waals surface area (Å²) in [4.78, 5) is 43.4. The summed E-state index contributed by atoms with van der Waals surface area (Å²) < 4.78 is 23.5. The van der Waals surface area contributed by atoms with E-state index in [2.05, 4.69) is 10.3 Å². The predicted octanol–water partition coefficient (Wildman–Crippen LogP) is 1.95. The summed E-state index contributed by atoms with van der Waals surface area (Å²) in [7, 11) is -3.14. The van der Waals surface area contributed by atoms with Gasteiger partial charge < -0.3 is 10.2 Å².